The number of carbonyl (C=O) groups excluding carboxylic acids is 1. The molecule has 1 saturated heterocycles. The lowest BCUT2D eigenvalue weighted by molar-refractivity contribution is -0.0626. The molecule has 1 heterocycles. The van der Waals surface area contributed by atoms with E-state index in [4.69, 9.17) is 21.1 Å². The minimum atomic E-state index is -0.667. The van der Waals surface area contributed by atoms with Crippen molar-refractivity contribution in [3.8, 4) is 0 Å². The van der Waals surface area contributed by atoms with Crippen LogP contribution in [0.4, 0.5) is 16.2 Å². The molecule has 0 bridgehead atoms. The lowest BCUT2D eigenvalue weighted by Gasteiger charge is -2.35. The molecule has 1 aliphatic rings. The average molecular weight is 431 g/mol. The second-order valence-corrected chi connectivity index (χ2v) is 9.57. The second kappa shape index (κ2) is 8.86. The fraction of sp³-hybridized carbons (Fsp3) is 0.458. The number of rotatable bonds is 5. The zero-order valence-corrected chi connectivity index (χ0v) is 19.1. The number of hydrogen-bond acceptors (Lipinski definition) is 4. The number of amides is 1. The highest BCUT2D eigenvalue weighted by molar-refractivity contribution is 6.30. The number of carbonyl (C=O) groups is 1. The quantitative estimate of drug-likeness (QED) is 0.597. The maximum absolute atomic E-state index is 12.7. The summed E-state index contributed by atoms with van der Waals surface area (Å²) in [4.78, 5) is 14.5. The van der Waals surface area contributed by atoms with Gasteiger partial charge in [0.05, 0.1) is 12.6 Å². The molecule has 6 heteroatoms. The number of benzene rings is 2. The third-order valence-electron chi connectivity index (χ3n) is 5.02. The van der Waals surface area contributed by atoms with Gasteiger partial charge in [-0.15, -0.1) is 0 Å². The largest absolute Gasteiger partial charge is 0.444 e. The van der Waals surface area contributed by atoms with Crippen LogP contribution in [0.5, 0.6) is 0 Å². The summed E-state index contributed by atoms with van der Waals surface area (Å²) in [6.07, 6.45) is 1.34. The summed E-state index contributed by atoms with van der Waals surface area (Å²) in [7, 11) is 0. The van der Waals surface area contributed by atoms with Crippen molar-refractivity contribution in [1.82, 2.24) is 4.90 Å². The predicted octanol–water partition coefficient (Wildman–Crippen LogP) is 6.39. The monoisotopic (exact) mass is 430 g/mol. The van der Waals surface area contributed by atoms with Gasteiger partial charge in [-0.2, -0.15) is 0 Å². The van der Waals surface area contributed by atoms with E-state index in [0.29, 0.717) is 6.61 Å². The van der Waals surface area contributed by atoms with Crippen LogP contribution in [0, 0.1) is 0 Å². The van der Waals surface area contributed by atoms with Crippen LogP contribution in [0.1, 0.15) is 46.6 Å². The number of hydrogen-bond donors (Lipinski definition) is 1. The van der Waals surface area contributed by atoms with Crippen LogP contribution in [-0.4, -0.2) is 35.0 Å². The Morgan fingerprint density at radius 2 is 1.70 bits per heavy atom. The van der Waals surface area contributed by atoms with Crippen molar-refractivity contribution in [3.63, 3.8) is 0 Å². The normalized spacial score (nSPS) is 18.3. The van der Waals surface area contributed by atoms with E-state index in [1.807, 2.05) is 58.9 Å². The van der Waals surface area contributed by atoms with E-state index >= 15 is 0 Å². The summed E-state index contributed by atoms with van der Waals surface area (Å²) in [5.41, 5.74) is 2.02. The summed E-state index contributed by atoms with van der Waals surface area (Å²) in [5.74, 6) is 0. The van der Waals surface area contributed by atoms with Gasteiger partial charge in [0.1, 0.15) is 11.3 Å². The first-order chi connectivity index (χ1) is 14.0. The van der Waals surface area contributed by atoms with Crippen molar-refractivity contribution in [2.75, 3.05) is 11.9 Å². The van der Waals surface area contributed by atoms with Gasteiger partial charge >= 0.3 is 6.09 Å². The van der Waals surface area contributed by atoms with Gasteiger partial charge in [0.2, 0.25) is 0 Å². The maximum atomic E-state index is 12.7. The van der Waals surface area contributed by atoms with E-state index in [1.165, 1.54) is 5.56 Å². The molecule has 0 aliphatic carbocycles. The van der Waals surface area contributed by atoms with E-state index < -0.39 is 11.3 Å². The highest BCUT2D eigenvalue weighted by Crippen LogP contribution is 2.31. The highest BCUT2D eigenvalue weighted by Gasteiger charge is 2.45. The second-order valence-electron chi connectivity index (χ2n) is 9.13. The van der Waals surface area contributed by atoms with Gasteiger partial charge < -0.3 is 14.8 Å². The maximum Gasteiger partial charge on any atom is 0.412 e. The highest BCUT2D eigenvalue weighted by atomic mass is 35.5. The number of halogens is 1. The molecule has 2 aromatic rings. The predicted molar refractivity (Wildman–Crippen MR) is 121 cm³/mol. The van der Waals surface area contributed by atoms with Crippen LogP contribution in [0.25, 0.3) is 0 Å². The average Bonchev–Trinajstić information content (AvgIpc) is 2.96. The third kappa shape index (κ3) is 5.89. The summed E-state index contributed by atoms with van der Waals surface area (Å²) < 4.78 is 11.5. The van der Waals surface area contributed by atoms with Crippen LogP contribution < -0.4 is 5.32 Å². The molecule has 3 rings (SSSR count). The summed E-state index contributed by atoms with van der Waals surface area (Å²) in [6, 6.07) is 15.9. The molecule has 1 amide bonds. The van der Waals surface area contributed by atoms with E-state index in [9.17, 15) is 4.79 Å². The minimum absolute atomic E-state index is 0.0123. The molecule has 2 aromatic carbocycles. The molecule has 0 saturated carbocycles. The van der Waals surface area contributed by atoms with Crippen molar-refractivity contribution >= 4 is 29.1 Å². The number of ether oxygens (including phenoxy) is 2. The van der Waals surface area contributed by atoms with Crippen molar-refractivity contribution in [2.24, 2.45) is 0 Å². The molecule has 1 aliphatic heterocycles. The summed E-state index contributed by atoms with van der Waals surface area (Å²) in [6.45, 7) is 9.97. The van der Waals surface area contributed by atoms with Gasteiger partial charge in [-0.05, 0) is 89.4 Å². The Labute approximate surface area is 184 Å². The molecule has 0 spiro atoms. The van der Waals surface area contributed by atoms with Gasteiger partial charge in [-0.3, -0.25) is 4.90 Å². The standard InChI is InChI=1S/C24H31ClN2O3/c1-23(2,3)30-22(28)27-21(16-29-24(27,4)5)15-8-17-6-11-19(12-7-17)26-20-13-9-18(25)10-14-20/h6-7,9-14,21,26H,8,15-16H2,1-5H3. The molecule has 5 nitrogen and oxygen atoms in total. The molecule has 0 radical (unpaired) electrons. The SMILES string of the molecule is CC(C)(C)OC(=O)N1C(CCc2ccc(Nc3ccc(Cl)cc3)cc2)COC1(C)C. The Morgan fingerprint density at radius 1 is 1.13 bits per heavy atom. The lowest BCUT2D eigenvalue weighted by Crippen LogP contribution is -2.49. The Bertz CT molecular complexity index is 858. The molecule has 30 heavy (non-hydrogen) atoms. The van der Waals surface area contributed by atoms with E-state index in [0.717, 1.165) is 29.2 Å². The number of anilines is 2. The molecule has 0 aromatic heterocycles. The first-order valence-corrected chi connectivity index (χ1v) is 10.7. The smallest absolute Gasteiger partial charge is 0.412 e. The van der Waals surface area contributed by atoms with Gasteiger partial charge in [-0.1, -0.05) is 23.7 Å². The van der Waals surface area contributed by atoms with Crippen LogP contribution in [0.2, 0.25) is 5.02 Å². The fourth-order valence-corrected chi connectivity index (χ4v) is 3.69. The topological polar surface area (TPSA) is 50.8 Å². The van der Waals surface area contributed by atoms with Crippen LogP contribution >= 0.6 is 11.6 Å². The van der Waals surface area contributed by atoms with Crippen LogP contribution in [-0.2, 0) is 15.9 Å². The molecular weight excluding hydrogens is 400 g/mol. The Balaban J connectivity index is 1.59. The number of nitrogens with one attached hydrogen (secondary N) is 1. The fourth-order valence-electron chi connectivity index (χ4n) is 3.56. The first-order valence-electron chi connectivity index (χ1n) is 10.3. The molecule has 1 N–H and O–H groups in total. The summed E-state index contributed by atoms with van der Waals surface area (Å²) >= 11 is 5.93. The first kappa shape index (κ1) is 22.4. The minimum Gasteiger partial charge on any atom is -0.444 e. The zero-order valence-electron chi connectivity index (χ0n) is 18.4. The molecule has 1 fully saturated rings. The Kier molecular flexibility index (Phi) is 6.63. The van der Waals surface area contributed by atoms with E-state index in [-0.39, 0.29) is 12.1 Å². The van der Waals surface area contributed by atoms with Crippen molar-refractivity contribution < 1.29 is 14.3 Å². The van der Waals surface area contributed by atoms with E-state index in [1.54, 1.807) is 4.90 Å². The lowest BCUT2D eigenvalue weighted by atomic mass is 10.0. The molecule has 162 valence electrons. The number of aryl methyl sites for hydroxylation is 1. The number of nitrogens with zero attached hydrogens (tertiary/aromatic N) is 1. The van der Waals surface area contributed by atoms with Gasteiger partial charge in [0.25, 0.3) is 0 Å². The zero-order chi connectivity index (χ0) is 21.9. The molecule has 1 atom stereocenters. The Hall–Kier alpha value is -2.24. The van der Waals surface area contributed by atoms with Gasteiger partial charge in [-0.25, -0.2) is 4.79 Å². The van der Waals surface area contributed by atoms with Crippen molar-refractivity contribution in [3.05, 3.63) is 59.1 Å². The summed E-state index contributed by atoms with van der Waals surface area (Å²) in [5, 5.41) is 4.08. The third-order valence-corrected chi connectivity index (χ3v) is 5.27. The molecular formula is C24H31ClN2O3. The Morgan fingerprint density at radius 3 is 2.27 bits per heavy atom. The van der Waals surface area contributed by atoms with Gasteiger partial charge in [0.15, 0.2) is 0 Å². The van der Waals surface area contributed by atoms with Crippen LogP contribution in [0.3, 0.4) is 0 Å². The van der Waals surface area contributed by atoms with Crippen molar-refractivity contribution in [1.29, 1.82) is 0 Å². The van der Waals surface area contributed by atoms with Gasteiger partial charge in [0, 0.05) is 16.4 Å². The van der Waals surface area contributed by atoms with E-state index in [2.05, 4.69) is 29.6 Å². The molecule has 1 unspecified atom stereocenters. The van der Waals surface area contributed by atoms with Crippen molar-refractivity contribution in [2.45, 2.75) is 64.8 Å². The van der Waals surface area contributed by atoms with Crippen LogP contribution in [0.15, 0.2) is 48.5 Å².